The third-order valence-electron chi connectivity index (χ3n) is 9.42. The lowest BCUT2D eigenvalue weighted by molar-refractivity contribution is -0.144. The number of amides is 1. The van der Waals surface area contributed by atoms with E-state index in [4.69, 9.17) is 32.9 Å². The number of pyridine rings is 1. The first-order valence-electron chi connectivity index (χ1n) is 16.3. The van der Waals surface area contributed by atoms with Gasteiger partial charge in [0.15, 0.2) is 5.65 Å². The maximum atomic E-state index is 13.9. The SMILES string of the molecule is COc1nc(-c2cccc(-c3cccc(Nc4nc(C(F)(F)F)nc5c4c(=O)n(C)c(=O)n5C)c3Cl)c2Cl)cc2c1[C@@H](NC[C@@H]1CCC(=O)N1)CC2. The number of carbonyl (C=O) groups is 1. The van der Waals surface area contributed by atoms with Gasteiger partial charge in [0.05, 0.1) is 28.5 Å². The standard InChI is InChI=1S/C35H31Cl2F3N8O4/c1-47-30-26(32(50)48(2)34(47)51)29(45-33(46-30)35(38,39)40)43-22-9-5-7-19(28(22)37)18-6-4-8-20(27(18)36)23-14-16-10-12-21(25(16)31(44-23)52-3)41-15-17-11-13-24(49)42-17/h4-9,14,17,21,41H,10-13,15H2,1-3H3,(H,42,49)(H,43,45,46)/t17-,21-/m0/s1. The zero-order chi connectivity index (χ0) is 37.1. The minimum atomic E-state index is -4.98. The Bertz CT molecular complexity index is 2400. The summed E-state index contributed by atoms with van der Waals surface area (Å²) in [5.74, 6) is -1.51. The Morgan fingerprint density at radius 3 is 2.35 bits per heavy atom. The molecule has 3 N–H and O–H groups in total. The molecule has 12 nitrogen and oxygen atoms in total. The van der Waals surface area contributed by atoms with Crippen molar-refractivity contribution < 1.29 is 22.7 Å². The highest BCUT2D eigenvalue weighted by atomic mass is 35.5. The number of aromatic nitrogens is 5. The molecule has 1 amide bonds. The Balaban J connectivity index is 1.25. The van der Waals surface area contributed by atoms with Crippen LogP contribution in [0, 0.1) is 0 Å². The molecule has 52 heavy (non-hydrogen) atoms. The van der Waals surface area contributed by atoms with E-state index in [0.29, 0.717) is 46.3 Å². The zero-order valence-corrected chi connectivity index (χ0v) is 29.5. The number of hydrogen-bond donors (Lipinski definition) is 3. The Morgan fingerprint density at radius 2 is 1.65 bits per heavy atom. The van der Waals surface area contributed by atoms with Gasteiger partial charge in [-0.3, -0.25) is 18.7 Å². The second-order valence-electron chi connectivity index (χ2n) is 12.6. The van der Waals surface area contributed by atoms with E-state index in [2.05, 4.69) is 25.9 Å². The number of halogens is 5. The molecule has 3 aromatic heterocycles. The van der Waals surface area contributed by atoms with Crippen molar-refractivity contribution in [3.8, 4) is 28.3 Å². The predicted molar refractivity (Wildman–Crippen MR) is 190 cm³/mol. The molecule has 0 unspecified atom stereocenters. The van der Waals surface area contributed by atoms with Crippen LogP contribution in [0.3, 0.4) is 0 Å². The van der Waals surface area contributed by atoms with Gasteiger partial charge in [-0.2, -0.15) is 13.2 Å². The number of fused-ring (bicyclic) bond motifs is 2. The summed E-state index contributed by atoms with van der Waals surface area (Å²) in [6.45, 7) is 0.635. The first-order valence-corrected chi connectivity index (χ1v) is 17.0. The minimum absolute atomic E-state index is 0.00383. The normalized spacial score (nSPS) is 17.0. The molecule has 0 spiro atoms. The lowest BCUT2D eigenvalue weighted by Crippen LogP contribution is -2.38. The van der Waals surface area contributed by atoms with E-state index in [1.807, 2.05) is 12.1 Å². The molecule has 2 aromatic carbocycles. The van der Waals surface area contributed by atoms with Crippen LogP contribution in [0.15, 0.2) is 52.1 Å². The summed E-state index contributed by atoms with van der Waals surface area (Å²) in [6.07, 6.45) is -2.06. The molecule has 5 aromatic rings. The molecule has 17 heteroatoms. The van der Waals surface area contributed by atoms with Gasteiger partial charge in [-0.15, -0.1) is 0 Å². The van der Waals surface area contributed by atoms with Crippen LogP contribution in [0.4, 0.5) is 24.7 Å². The number of anilines is 2. The van der Waals surface area contributed by atoms with E-state index in [1.54, 1.807) is 31.4 Å². The van der Waals surface area contributed by atoms with Crippen LogP contribution in [0.1, 0.15) is 42.3 Å². The first kappa shape index (κ1) is 35.4. The molecule has 4 heterocycles. The van der Waals surface area contributed by atoms with Gasteiger partial charge in [-0.25, -0.2) is 19.7 Å². The molecule has 1 fully saturated rings. The van der Waals surface area contributed by atoms with Crippen LogP contribution in [0.2, 0.25) is 10.0 Å². The maximum absolute atomic E-state index is 13.9. The Morgan fingerprint density at radius 1 is 0.942 bits per heavy atom. The van der Waals surface area contributed by atoms with Crippen molar-refractivity contribution in [1.29, 1.82) is 0 Å². The number of rotatable bonds is 8. The number of nitrogens with zero attached hydrogens (tertiary/aromatic N) is 5. The molecular formula is C35H31Cl2F3N8O4. The maximum Gasteiger partial charge on any atom is 0.451 e. The molecule has 0 saturated carbocycles. The second kappa shape index (κ2) is 13.5. The van der Waals surface area contributed by atoms with Gasteiger partial charge < -0.3 is 20.7 Å². The molecule has 270 valence electrons. The summed E-state index contributed by atoms with van der Waals surface area (Å²) in [5, 5.41) is 9.38. The summed E-state index contributed by atoms with van der Waals surface area (Å²) in [5.41, 5.74) is 2.02. The number of alkyl halides is 3. The summed E-state index contributed by atoms with van der Waals surface area (Å²) >= 11 is 14.0. The number of aryl methyl sites for hydroxylation is 2. The molecule has 1 aliphatic carbocycles. The van der Waals surface area contributed by atoms with Crippen LogP contribution in [-0.2, 0) is 31.5 Å². The third-order valence-corrected chi connectivity index (χ3v) is 10.2. The molecule has 7 rings (SSSR count). The van der Waals surface area contributed by atoms with Crippen molar-refractivity contribution in [1.82, 2.24) is 34.7 Å². The van der Waals surface area contributed by atoms with Crippen LogP contribution in [-0.4, -0.2) is 49.7 Å². The van der Waals surface area contributed by atoms with Crippen LogP contribution in [0.25, 0.3) is 33.4 Å². The number of carbonyl (C=O) groups excluding carboxylic acids is 1. The minimum Gasteiger partial charge on any atom is -0.481 e. The smallest absolute Gasteiger partial charge is 0.451 e. The lowest BCUT2D eigenvalue weighted by atomic mass is 9.99. The van der Waals surface area contributed by atoms with Crippen molar-refractivity contribution in [3.05, 3.63) is 90.3 Å². The van der Waals surface area contributed by atoms with Crippen molar-refractivity contribution in [2.24, 2.45) is 14.1 Å². The van der Waals surface area contributed by atoms with Crippen molar-refractivity contribution in [2.45, 2.75) is 43.9 Å². The number of benzene rings is 2. The van der Waals surface area contributed by atoms with E-state index >= 15 is 0 Å². The van der Waals surface area contributed by atoms with Crippen molar-refractivity contribution in [2.75, 3.05) is 19.0 Å². The van der Waals surface area contributed by atoms with E-state index in [9.17, 15) is 27.6 Å². The number of hydrogen-bond acceptors (Lipinski definition) is 9. The number of nitrogens with one attached hydrogen (secondary N) is 3. The van der Waals surface area contributed by atoms with E-state index in [1.165, 1.54) is 20.2 Å². The monoisotopic (exact) mass is 754 g/mol. The van der Waals surface area contributed by atoms with Gasteiger partial charge >= 0.3 is 11.9 Å². The van der Waals surface area contributed by atoms with Gasteiger partial charge in [0.25, 0.3) is 5.56 Å². The average molecular weight is 756 g/mol. The molecule has 0 bridgehead atoms. The summed E-state index contributed by atoms with van der Waals surface area (Å²) in [4.78, 5) is 49.3. The zero-order valence-electron chi connectivity index (χ0n) is 28.0. The van der Waals surface area contributed by atoms with Crippen LogP contribution < -0.4 is 31.9 Å². The third kappa shape index (κ3) is 6.26. The molecule has 1 aliphatic heterocycles. The first-order chi connectivity index (χ1) is 24.8. The fourth-order valence-corrected chi connectivity index (χ4v) is 7.40. The quantitative estimate of drug-likeness (QED) is 0.182. The number of methoxy groups -OCH3 is 1. The fraction of sp³-hybridized carbons (Fsp3) is 0.314. The Kier molecular flexibility index (Phi) is 9.21. The van der Waals surface area contributed by atoms with Crippen LogP contribution in [0.5, 0.6) is 5.88 Å². The van der Waals surface area contributed by atoms with Crippen molar-refractivity contribution >= 4 is 51.6 Å². The highest BCUT2D eigenvalue weighted by molar-refractivity contribution is 6.39. The van der Waals surface area contributed by atoms with Gasteiger partial charge in [0.2, 0.25) is 17.6 Å². The molecule has 0 radical (unpaired) electrons. The highest BCUT2D eigenvalue weighted by Gasteiger charge is 2.37. The molecule has 1 saturated heterocycles. The molecule has 2 aliphatic rings. The van der Waals surface area contributed by atoms with Gasteiger partial charge in [-0.05, 0) is 37.0 Å². The van der Waals surface area contributed by atoms with Crippen molar-refractivity contribution in [3.63, 3.8) is 0 Å². The largest absolute Gasteiger partial charge is 0.481 e. The Labute approximate surface area is 304 Å². The second-order valence-corrected chi connectivity index (χ2v) is 13.4. The van der Waals surface area contributed by atoms with E-state index < -0.39 is 34.7 Å². The van der Waals surface area contributed by atoms with E-state index in [0.717, 1.165) is 39.5 Å². The molecular weight excluding hydrogens is 724 g/mol. The highest BCUT2D eigenvalue weighted by Crippen LogP contribution is 2.44. The van der Waals surface area contributed by atoms with Crippen LogP contribution >= 0.6 is 23.2 Å². The van der Waals surface area contributed by atoms with Gasteiger partial charge in [0.1, 0.15) is 11.2 Å². The lowest BCUT2D eigenvalue weighted by Gasteiger charge is -2.20. The van der Waals surface area contributed by atoms with Gasteiger partial charge in [-0.1, -0.05) is 53.5 Å². The number of ether oxygens (including phenoxy) is 1. The Hall–Kier alpha value is -4.99. The fourth-order valence-electron chi connectivity index (χ4n) is 6.80. The summed E-state index contributed by atoms with van der Waals surface area (Å²) in [7, 11) is 3.97. The topological polar surface area (TPSA) is 145 Å². The molecule has 2 atom stereocenters. The average Bonchev–Trinajstić information content (AvgIpc) is 3.74. The predicted octanol–water partition coefficient (Wildman–Crippen LogP) is 5.69. The summed E-state index contributed by atoms with van der Waals surface area (Å²) < 4.78 is 49.0. The van der Waals surface area contributed by atoms with Gasteiger partial charge in [0, 0.05) is 61.4 Å². The van der Waals surface area contributed by atoms with E-state index in [-0.39, 0.29) is 34.1 Å². The summed E-state index contributed by atoms with van der Waals surface area (Å²) in [6, 6.07) is 12.2.